The molecule has 1 N–H and O–H groups in total. The van der Waals surface area contributed by atoms with E-state index in [4.69, 9.17) is 4.74 Å². The van der Waals surface area contributed by atoms with Crippen LogP contribution in [0, 0.1) is 32.6 Å². The van der Waals surface area contributed by atoms with Crippen molar-refractivity contribution in [2.45, 2.75) is 26.9 Å². The zero-order chi connectivity index (χ0) is 20.0. The number of alkyl halides is 3. The van der Waals surface area contributed by atoms with Gasteiger partial charge in [-0.25, -0.2) is 0 Å². The predicted molar refractivity (Wildman–Crippen MR) is 97.5 cm³/mol. The number of hydrogen-bond acceptors (Lipinski definition) is 2. The van der Waals surface area contributed by atoms with Gasteiger partial charge in [-0.15, -0.1) is 0 Å². The van der Waals surface area contributed by atoms with E-state index in [-0.39, 0.29) is 24.6 Å². The van der Waals surface area contributed by atoms with E-state index in [0.717, 1.165) is 28.8 Å². The van der Waals surface area contributed by atoms with Crippen LogP contribution >= 0.6 is 0 Å². The Balaban J connectivity index is 1.87. The van der Waals surface area contributed by atoms with Crippen molar-refractivity contribution in [2.75, 3.05) is 13.2 Å². The van der Waals surface area contributed by atoms with Crippen molar-refractivity contribution in [1.29, 1.82) is 0 Å². The molecule has 2 aromatic rings. The lowest BCUT2D eigenvalue weighted by Gasteiger charge is -2.12. The van der Waals surface area contributed by atoms with Crippen molar-refractivity contribution in [3.05, 3.63) is 64.2 Å². The molecule has 1 amide bonds. The van der Waals surface area contributed by atoms with Gasteiger partial charge < -0.3 is 10.1 Å². The molecule has 0 aromatic heterocycles. The zero-order valence-electron chi connectivity index (χ0n) is 15.3. The van der Waals surface area contributed by atoms with E-state index in [1.165, 1.54) is 12.1 Å². The van der Waals surface area contributed by atoms with Crippen LogP contribution in [0.4, 0.5) is 13.2 Å². The first-order valence-corrected chi connectivity index (χ1v) is 8.30. The summed E-state index contributed by atoms with van der Waals surface area (Å²) in [6.45, 7) is 5.67. The van der Waals surface area contributed by atoms with E-state index in [0.29, 0.717) is 5.75 Å². The van der Waals surface area contributed by atoms with Gasteiger partial charge in [0.2, 0.25) is 0 Å². The summed E-state index contributed by atoms with van der Waals surface area (Å²) in [6.07, 6.45) is -4.41. The molecule has 0 aliphatic carbocycles. The molecular weight excluding hydrogens is 355 g/mol. The quantitative estimate of drug-likeness (QED) is 0.815. The second-order valence-electron chi connectivity index (χ2n) is 6.17. The Bertz CT molecular complexity index is 869. The highest BCUT2D eigenvalue weighted by atomic mass is 19.4. The molecule has 0 bridgehead atoms. The van der Waals surface area contributed by atoms with Gasteiger partial charge >= 0.3 is 6.18 Å². The summed E-state index contributed by atoms with van der Waals surface area (Å²) < 4.78 is 43.5. The number of rotatable bonds is 4. The number of nitrogens with one attached hydrogen (secondary N) is 1. The molecule has 0 heterocycles. The Morgan fingerprint density at radius 3 is 2.41 bits per heavy atom. The molecule has 0 aliphatic heterocycles. The molecule has 0 radical (unpaired) electrons. The smallest absolute Gasteiger partial charge is 0.416 e. The molecule has 0 atom stereocenters. The van der Waals surface area contributed by atoms with Crippen LogP contribution in [0.5, 0.6) is 5.75 Å². The normalized spacial score (nSPS) is 10.7. The maximum atomic E-state index is 12.6. The third-order valence-corrected chi connectivity index (χ3v) is 3.75. The van der Waals surface area contributed by atoms with E-state index < -0.39 is 11.7 Å². The lowest BCUT2D eigenvalue weighted by Crippen LogP contribution is -2.29. The minimum absolute atomic E-state index is 0.0182. The molecule has 142 valence electrons. The average Bonchev–Trinajstić information content (AvgIpc) is 2.57. The number of ether oxygens (including phenoxy) is 1. The maximum absolute atomic E-state index is 12.6. The second-order valence-corrected chi connectivity index (χ2v) is 6.17. The highest BCUT2D eigenvalue weighted by Crippen LogP contribution is 2.29. The first-order valence-electron chi connectivity index (χ1n) is 8.30. The molecule has 2 aromatic carbocycles. The van der Waals surface area contributed by atoms with E-state index in [1.54, 1.807) is 0 Å². The van der Waals surface area contributed by atoms with Crippen LogP contribution < -0.4 is 10.1 Å². The zero-order valence-corrected chi connectivity index (χ0v) is 15.3. The van der Waals surface area contributed by atoms with Gasteiger partial charge in [-0.1, -0.05) is 35.6 Å². The SMILES string of the molecule is Cc1cc(C)c(OCC(=O)NCC#Cc2cccc(C(F)(F)F)c2)c(C)c1. The Hall–Kier alpha value is -2.94. The van der Waals surface area contributed by atoms with E-state index >= 15 is 0 Å². The van der Waals surface area contributed by atoms with Crippen molar-refractivity contribution in [1.82, 2.24) is 5.32 Å². The topological polar surface area (TPSA) is 38.3 Å². The number of halogens is 3. The van der Waals surface area contributed by atoms with Crippen LogP contribution in [0.2, 0.25) is 0 Å². The van der Waals surface area contributed by atoms with Crippen LogP contribution in [-0.2, 0) is 11.0 Å². The van der Waals surface area contributed by atoms with Gasteiger partial charge in [0.05, 0.1) is 12.1 Å². The molecular formula is C21H20F3NO2. The van der Waals surface area contributed by atoms with Gasteiger partial charge in [0.25, 0.3) is 5.91 Å². The molecule has 0 unspecified atom stereocenters. The third kappa shape index (κ3) is 6.07. The molecule has 0 aliphatic rings. The van der Waals surface area contributed by atoms with E-state index in [2.05, 4.69) is 17.2 Å². The predicted octanol–water partition coefficient (Wildman–Crippen LogP) is 4.18. The number of carbonyl (C=O) groups excluding carboxylic acids is 1. The number of benzene rings is 2. The summed E-state index contributed by atoms with van der Waals surface area (Å²) in [7, 11) is 0. The van der Waals surface area contributed by atoms with Gasteiger partial charge in [-0.3, -0.25) is 4.79 Å². The summed E-state index contributed by atoms with van der Waals surface area (Å²) >= 11 is 0. The Morgan fingerprint density at radius 1 is 1.11 bits per heavy atom. The van der Waals surface area contributed by atoms with Gasteiger partial charge in [-0.2, -0.15) is 13.2 Å². The second kappa shape index (κ2) is 8.63. The number of carbonyl (C=O) groups is 1. The Kier molecular flexibility index (Phi) is 6.51. The van der Waals surface area contributed by atoms with Gasteiger partial charge in [0.1, 0.15) is 5.75 Å². The molecule has 0 fully saturated rings. The molecule has 0 saturated carbocycles. The summed E-state index contributed by atoms with van der Waals surface area (Å²) in [5.41, 5.74) is 2.50. The first kappa shape index (κ1) is 20.4. The molecule has 0 saturated heterocycles. The molecule has 6 heteroatoms. The minimum atomic E-state index is -4.41. The highest BCUT2D eigenvalue weighted by Gasteiger charge is 2.30. The highest BCUT2D eigenvalue weighted by molar-refractivity contribution is 5.77. The summed E-state index contributed by atoms with van der Waals surface area (Å²) in [5.74, 6) is 5.56. The fourth-order valence-corrected chi connectivity index (χ4v) is 2.65. The number of hydrogen-bond donors (Lipinski definition) is 1. The fourth-order valence-electron chi connectivity index (χ4n) is 2.65. The summed E-state index contributed by atoms with van der Waals surface area (Å²) in [4.78, 5) is 11.9. The van der Waals surface area contributed by atoms with Crippen molar-refractivity contribution < 1.29 is 22.7 Å². The maximum Gasteiger partial charge on any atom is 0.416 e. The van der Waals surface area contributed by atoms with Crippen LogP contribution in [-0.4, -0.2) is 19.1 Å². The summed E-state index contributed by atoms with van der Waals surface area (Å²) in [6, 6.07) is 8.68. The van der Waals surface area contributed by atoms with Crippen LogP contribution in [0.3, 0.4) is 0 Å². The van der Waals surface area contributed by atoms with Gasteiger partial charge in [0, 0.05) is 5.56 Å². The Labute approximate surface area is 156 Å². The largest absolute Gasteiger partial charge is 0.483 e. The monoisotopic (exact) mass is 375 g/mol. The fraction of sp³-hybridized carbons (Fsp3) is 0.286. The molecule has 27 heavy (non-hydrogen) atoms. The lowest BCUT2D eigenvalue weighted by molar-refractivity contribution is -0.137. The van der Waals surface area contributed by atoms with Crippen molar-refractivity contribution in [2.24, 2.45) is 0 Å². The lowest BCUT2D eigenvalue weighted by atomic mass is 10.1. The first-order chi connectivity index (χ1) is 12.7. The van der Waals surface area contributed by atoms with E-state index in [9.17, 15) is 18.0 Å². The van der Waals surface area contributed by atoms with Gasteiger partial charge in [-0.05, 0) is 50.1 Å². The number of aryl methyl sites for hydroxylation is 3. The van der Waals surface area contributed by atoms with Crippen LogP contribution in [0.25, 0.3) is 0 Å². The third-order valence-electron chi connectivity index (χ3n) is 3.75. The minimum Gasteiger partial charge on any atom is -0.483 e. The van der Waals surface area contributed by atoms with Crippen molar-refractivity contribution in [3.8, 4) is 17.6 Å². The Morgan fingerprint density at radius 2 is 1.78 bits per heavy atom. The van der Waals surface area contributed by atoms with Gasteiger partial charge in [0.15, 0.2) is 6.61 Å². The molecule has 3 nitrogen and oxygen atoms in total. The standard InChI is InChI=1S/C21H20F3NO2/c1-14-10-15(2)20(16(3)11-14)27-13-19(26)25-9-5-7-17-6-4-8-18(12-17)21(22,23)24/h4,6,8,10-12H,9,13H2,1-3H3,(H,25,26). The molecule has 2 rings (SSSR count). The van der Waals surface area contributed by atoms with E-state index in [1.807, 2.05) is 32.9 Å². The number of amides is 1. The summed E-state index contributed by atoms with van der Waals surface area (Å²) in [5, 5.41) is 2.56. The average molecular weight is 375 g/mol. The van der Waals surface area contributed by atoms with Crippen molar-refractivity contribution >= 4 is 5.91 Å². The molecule has 0 spiro atoms. The van der Waals surface area contributed by atoms with Crippen LogP contribution in [0.1, 0.15) is 27.8 Å². The van der Waals surface area contributed by atoms with Crippen LogP contribution in [0.15, 0.2) is 36.4 Å². The van der Waals surface area contributed by atoms with Crippen molar-refractivity contribution in [3.63, 3.8) is 0 Å².